The Morgan fingerprint density at radius 3 is 2.60 bits per heavy atom. The highest BCUT2D eigenvalue weighted by atomic mass is 16.6. The minimum Gasteiger partial charge on any atom is -0.458 e. The Kier molecular flexibility index (Phi) is 5.49. The van der Waals surface area contributed by atoms with Crippen LogP contribution in [0.3, 0.4) is 0 Å². The number of carbonyl (C=O) groups is 2. The van der Waals surface area contributed by atoms with E-state index in [9.17, 15) is 9.59 Å². The van der Waals surface area contributed by atoms with Gasteiger partial charge in [-0.3, -0.25) is 4.98 Å². The molecule has 0 bridgehead atoms. The zero-order valence-corrected chi connectivity index (χ0v) is 12.2. The Balaban J connectivity index is 2.38. The van der Waals surface area contributed by atoms with E-state index in [1.165, 1.54) is 6.92 Å². The van der Waals surface area contributed by atoms with E-state index >= 15 is 0 Å². The highest BCUT2D eigenvalue weighted by molar-refractivity contribution is 5.80. The number of rotatable bonds is 4. The average molecular weight is 280 g/mol. The summed E-state index contributed by atoms with van der Waals surface area (Å²) in [5, 5.41) is 2.42. The number of hydrogen-bond acceptors (Lipinski definition) is 5. The third-order valence-corrected chi connectivity index (χ3v) is 2.18. The third-order valence-electron chi connectivity index (χ3n) is 2.18. The molecule has 0 fully saturated rings. The van der Waals surface area contributed by atoms with E-state index in [1.807, 2.05) is 0 Å². The second kappa shape index (κ2) is 6.88. The molecule has 0 aliphatic heterocycles. The van der Waals surface area contributed by atoms with Crippen LogP contribution in [-0.4, -0.2) is 28.7 Å². The van der Waals surface area contributed by atoms with Crippen molar-refractivity contribution in [3.63, 3.8) is 0 Å². The molecule has 0 aromatic carbocycles. The van der Waals surface area contributed by atoms with Crippen molar-refractivity contribution in [3.8, 4) is 0 Å². The minimum absolute atomic E-state index is 0.0695. The van der Waals surface area contributed by atoms with E-state index in [2.05, 4.69) is 10.3 Å². The molecule has 0 aliphatic carbocycles. The summed E-state index contributed by atoms with van der Waals surface area (Å²) in [5.74, 6) is -0.540. The summed E-state index contributed by atoms with van der Waals surface area (Å²) in [7, 11) is 0. The van der Waals surface area contributed by atoms with Crippen molar-refractivity contribution in [2.24, 2.45) is 0 Å². The van der Waals surface area contributed by atoms with Crippen molar-refractivity contribution < 1.29 is 19.1 Å². The summed E-state index contributed by atoms with van der Waals surface area (Å²) in [6.45, 7) is 6.84. The first-order valence-corrected chi connectivity index (χ1v) is 6.34. The van der Waals surface area contributed by atoms with Gasteiger partial charge in [-0.25, -0.2) is 9.59 Å². The predicted octanol–water partition coefficient (Wildman–Crippen LogP) is 2.04. The van der Waals surface area contributed by atoms with Crippen LogP contribution in [0.1, 0.15) is 33.4 Å². The van der Waals surface area contributed by atoms with Crippen LogP contribution in [0.5, 0.6) is 0 Å². The maximum Gasteiger partial charge on any atom is 0.408 e. The molecule has 1 N–H and O–H groups in total. The molecule has 6 nitrogen and oxygen atoms in total. The molecule has 0 saturated heterocycles. The van der Waals surface area contributed by atoms with Gasteiger partial charge in [-0.1, -0.05) is 6.07 Å². The van der Waals surface area contributed by atoms with E-state index in [0.29, 0.717) is 5.69 Å². The van der Waals surface area contributed by atoms with Gasteiger partial charge in [0.05, 0.1) is 5.69 Å². The molecule has 1 aromatic rings. The molecule has 110 valence electrons. The SMILES string of the molecule is C[C@H](NC(=O)OC(C)(C)C)C(=O)OCc1ccccn1. The van der Waals surface area contributed by atoms with Crippen LogP contribution >= 0.6 is 0 Å². The Bertz CT molecular complexity index is 454. The van der Waals surface area contributed by atoms with Crippen molar-refractivity contribution >= 4 is 12.1 Å². The smallest absolute Gasteiger partial charge is 0.408 e. The second-order valence-electron chi connectivity index (χ2n) is 5.30. The molecular formula is C14H20N2O4. The quantitative estimate of drug-likeness (QED) is 0.854. The first-order valence-electron chi connectivity index (χ1n) is 6.34. The van der Waals surface area contributed by atoms with Crippen molar-refractivity contribution in [2.75, 3.05) is 0 Å². The number of nitrogens with zero attached hydrogens (tertiary/aromatic N) is 1. The van der Waals surface area contributed by atoms with E-state index in [1.54, 1.807) is 45.2 Å². The summed E-state index contributed by atoms with van der Waals surface area (Å²) < 4.78 is 10.1. The number of amides is 1. The summed E-state index contributed by atoms with van der Waals surface area (Å²) in [5.41, 5.74) is 0.0344. The van der Waals surface area contributed by atoms with E-state index < -0.39 is 23.7 Å². The summed E-state index contributed by atoms with van der Waals surface area (Å²) in [6.07, 6.45) is 0.964. The molecule has 1 rings (SSSR count). The lowest BCUT2D eigenvalue weighted by Crippen LogP contribution is -2.42. The maximum atomic E-state index is 11.7. The zero-order chi connectivity index (χ0) is 15.2. The van der Waals surface area contributed by atoms with Gasteiger partial charge < -0.3 is 14.8 Å². The van der Waals surface area contributed by atoms with Crippen LogP contribution < -0.4 is 5.32 Å². The van der Waals surface area contributed by atoms with E-state index in [-0.39, 0.29) is 6.61 Å². The van der Waals surface area contributed by atoms with Gasteiger partial charge in [-0.2, -0.15) is 0 Å². The predicted molar refractivity (Wildman–Crippen MR) is 72.9 cm³/mol. The molecule has 0 unspecified atom stereocenters. The number of nitrogens with one attached hydrogen (secondary N) is 1. The average Bonchev–Trinajstić information content (AvgIpc) is 2.34. The number of hydrogen-bond donors (Lipinski definition) is 1. The number of carbonyl (C=O) groups excluding carboxylic acids is 2. The van der Waals surface area contributed by atoms with Crippen molar-refractivity contribution in [1.82, 2.24) is 10.3 Å². The lowest BCUT2D eigenvalue weighted by molar-refractivity contribution is -0.147. The van der Waals surface area contributed by atoms with Gasteiger partial charge in [-0.15, -0.1) is 0 Å². The Morgan fingerprint density at radius 1 is 1.35 bits per heavy atom. The van der Waals surface area contributed by atoms with Crippen LogP contribution in [-0.2, 0) is 20.9 Å². The van der Waals surface area contributed by atoms with Crippen LogP contribution in [0.4, 0.5) is 4.79 Å². The highest BCUT2D eigenvalue weighted by Gasteiger charge is 2.21. The van der Waals surface area contributed by atoms with Crippen molar-refractivity contribution in [3.05, 3.63) is 30.1 Å². The molecule has 20 heavy (non-hydrogen) atoms. The fourth-order valence-electron chi connectivity index (χ4n) is 1.30. The van der Waals surface area contributed by atoms with Gasteiger partial charge in [0, 0.05) is 6.20 Å². The number of alkyl carbamates (subject to hydrolysis) is 1. The third kappa shape index (κ3) is 6.17. The van der Waals surface area contributed by atoms with E-state index in [0.717, 1.165) is 0 Å². The van der Waals surface area contributed by atoms with Gasteiger partial charge in [0.2, 0.25) is 0 Å². The monoisotopic (exact) mass is 280 g/mol. The number of esters is 1. The lowest BCUT2D eigenvalue weighted by atomic mass is 10.2. The lowest BCUT2D eigenvalue weighted by Gasteiger charge is -2.21. The molecule has 6 heteroatoms. The molecule has 1 aromatic heterocycles. The van der Waals surface area contributed by atoms with Crippen LogP contribution in [0.2, 0.25) is 0 Å². The topological polar surface area (TPSA) is 77.5 Å². The molecule has 1 amide bonds. The van der Waals surface area contributed by atoms with Gasteiger partial charge >= 0.3 is 12.1 Å². The zero-order valence-electron chi connectivity index (χ0n) is 12.2. The first kappa shape index (κ1) is 15.9. The molecule has 0 spiro atoms. The number of aromatic nitrogens is 1. The van der Waals surface area contributed by atoms with Gasteiger partial charge in [0.25, 0.3) is 0 Å². The van der Waals surface area contributed by atoms with Crippen molar-refractivity contribution in [1.29, 1.82) is 0 Å². The van der Waals surface area contributed by atoms with Crippen LogP contribution in [0, 0.1) is 0 Å². The standard InChI is InChI=1S/C14H20N2O4/c1-10(16-13(18)20-14(2,3)4)12(17)19-9-11-7-5-6-8-15-11/h5-8,10H,9H2,1-4H3,(H,16,18)/t10-/m0/s1. The number of ether oxygens (including phenoxy) is 2. The molecule has 0 saturated carbocycles. The first-order chi connectivity index (χ1) is 9.28. The molecular weight excluding hydrogens is 260 g/mol. The molecule has 1 atom stereocenters. The fourth-order valence-corrected chi connectivity index (χ4v) is 1.30. The number of pyridine rings is 1. The van der Waals surface area contributed by atoms with Gasteiger partial charge in [-0.05, 0) is 39.8 Å². The van der Waals surface area contributed by atoms with E-state index in [4.69, 9.17) is 9.47 Å². The summed E-state index contributed by atoms with van der Waals surface area (Å²) in [6, 6.07) is 4.55. The fraction of sp³-hybridized carbons (Fsp3) is 0.500. The van der Waals surface area contributed by atoms with Crippen LogP contribution in [0.15, 0.2) is 24.4 Å². The summed E-state index contributed by atoms with van der Waals surface area (Å²) in [4.78, 5) is 27.2. The highest BCUT2D eigenvalue weighted by Crippen LogP contribution is 2.07. The maximum absolute atomic E-state index is 11.7. The normalized spacial score (nSPS) is 12.4. The Hall–Kier alpha value is -2.11. The van der Waals surface area contributed by atoms with Crippen molar-refractivity contribution in [2.45, 2.75) is 45.9 Å². The molecule has 0 aliphatic rings. The van der Waals surface area contributed by atoms with Gasteiger partial charge in [0.15, 0.2) is 0 Å². The summed E-state index contributed by atoms with van der Waals surface area (Å²) >= 11 is 0. The van der Waals surface area contributed by atoms with Crippen LogP contribution in [0.25, 0.3) is 0 Å². The molecule has 0 radical (unpaired) electrons. The minimum atomic E-state index is -0.784. The Morgan fingerprint density at radius 2 is 2.05 bits per heavy atom. The molecule has 1 heterocycles. The largest absolute Gasteiger partial charge is 0.458 e. The van der Waals surface area contributed by atoms with Gasteiger partial charge in [0.1, 0.15) is 18.2 Å². The Labute approximate surface area is 118 Å². The second-order valence-corrected chi connectivity index (χ2v) is 5.30.